The molecule has 1 aromatic carbocycles. The van der Waals surface area contributed by atoms with Crippen molar-refractivity contribution in [3.63, 3.8) is 0 Å². The predicted molar refractivity (Wildman–Crippen MR) is 60.8 cm³/mol. The van der Waals surface area contributed by atoms with Crippen molar-refractivity contribution < 1.29 is 65.7 Å². The molecule has 1 aliphatic rings. The van der Waals surface area contributed by atoms with Gasteiger partial charge in [-0.2, -0.15) is 0 Å². The summed E-state index contributed by atoms with van der Waals surface area (Å²) in [5.41, 5.74) is -0.546. The molecule has 6 heteroatoms. The first-order valence-corrected chi connectivity index (χ1v) is 5.63. The normalized spacial score (nSPS) is 14.2. The minimum absolute atomic E-state index is 0. The molecular weight excluding hydrogens is 276 g/mol. The van der Waals surface area contributed by atoms with Crippen molar-refractivity contribution in [2.75, 3.05) is 0 Å². The van der Waals surface area contributed by atoms with Gasteiger partial charge in [-0.15, -0.1) is 0 Å². The minimum Gasteiger partial charge on any atom is -0.545 e. The van der Waals surface area contributed by atoms with Crippen molar-refractivity contribution >= 4 is 16.9 Å². The number of benzene rings is 1. The standard InChI is InChI=1S/C13H10FNO3.K/c14-7-1-4-11-9(5-7)12(16)10(13(17)18)6-15(11)8-2-3-8;/h1,4-6,8H,2-3H2,(H,17,18);/q;+1/p-1. The molecule has 4 nitrogen and oxygen atoms in total. The number of hydrogen-bond acceptors (Lipinski definition) is 3. The Morgan fingerprint density at radius 2 is 2.05 bits per heavy atom. The summed E-state index contributed by atoms with van der Waals surface area (Å²) in [7, 11) is 0. The van der Waals surface area contributed by atoms with E-state index in [0.717, 1.165) is 18.9 Å². The van der Waals surface area contributed by atoms with Crippen LogP contribution in [0.1, 0.15) is 29.2 Å². The quantitative estimate of drug-likeness (QED) is 0.591. The van der Waals surface area contributed by atoms with E-state index < -0.39 is 22.8 Å². The van der Waals surface area contributed by atoms with Crippen LogP contribution in [0.2, 0.25) is 0 Å². The van der Waals surface area contributed by atoms with E-state index >= 15 is 0 Å². The van der Waals surface area contributed by atoms with Crippen LogP contribution in [0.15, 0.2) is 29.2 Å². The molecule has 0 atom stereocenters. The molecule has 0 bridgehead atoms. The zero-order valence-electron chi connectivity index (χ0n) is 10.4. The van der Waals surface area contributed by atoms with Gasteiger partial charge in [0.1, 0.15) is 5.82 Å². The molecule has 92 valence electrons. The van der Waals surface area contributed by atoms with E-state index in [-0.39, 0.29) is 62.8 Å². The number of rotatable bonds is 2. The molecule has 3 rings (SSSR count). The van der Waals surface area contributed by atoms with Crippen LogP contribution >= 0.6 is 0 Å². The van der Waals surface area contributed by atoms with E-state index in [1.165, 1.54) is 18.3 Å². The molecule has 1 heterocycles. The molecule has 1 saturated carbocycles. The summed E-state index contributed by atoms with van der Waals surface area (Å²) in [4.78, 5) is 22.8. The molecule has 0 unspecified atom stereocenters. The number of aromatic nitrogens is 1. The Balaban J connectivity index is 0.00000133. The number of hydrogen-bond donors (Lipinski definition) is 0. The van der Waals surface area contributed by atoms with Crippen molar-refractivity contribution in [3.05, 3.63) is 46.0 Å². The van der Waals surface area contributed by atoms with Crippen LogP contribution in [0.4, 0.5) is 4.39 Å². The van der Waals surface area contributed by atoms with Gasteiger partial charge < -0.3 is 14.5 Å². The fraction of sp³-hybridized carbons (Fsp3) is 0.231. The number of carbonyl (C=O) groups is 1. The summed E-state index contributed by atoms with van der Waals surface area (Å²) in [5, 5.41) is 11.0. The van der Waals surface area contributed by atoms with Gasteiger partial charge in [0, 0.05) is 17.6 Å². The number of carboxylic acids is 1. The van der Waals surface area contributed by atoms with Gasteiger partial charge in [-0.05, 0) is 31.0 Å². The van der Waals surface area contributed by atoms with Crippen LogP contribution in [-0.2, 0) is 0 Å². The summed E-state index contributed by atoms with van der Waals surface area (Å²) < 4.78 is 14.9. The summed E-state index contributed by atoms with van der Waals surface area (Å²) in [5.74, 6) is -2.09. The van der Waals surface area contributed by atoms with Gasteiger partial charge in [-0.3, -0.25) is 4.79 Å². The van der Waals surface area contributed by atoms with E-state index in [1.807, 2.05) is 0 Å². The number of halogens is 1. The van der Waals surface area contributed by atoms with Crippen molar-refractivity contribution in [2.45, 2.75) is 18.9 Å². The molecular formula is C13H9FKNO3. The third-order valence-electron chi connectivity index (χ3n) is 3.15. The Hall–Kier alpha value is -0.534. The van der Waals surface area contributed by atoms with E-state index in [9.17, 15) is 19.1 Å². The maximum absolute atomic E-state index is 13.2. The topological polar surface area (TPSA) is 62.1 Å². The molecule has 1 aliphatic carbocycles. The fourth-order valence-electron chi connectivity index (χ4n) is 2.13. The van der Waals surface area contributed by atoms with E-state index in [0.29, 0.717) is 5.52 Å². The third-order valence-corrected chi connectivity index (χ3v) is 3.15. The number of fused-ring (bicyclic) bond motifs is 1. The van der Waals surface area contributed by atoms with Crippen molar-refractivity contribution in [1.29, 1.82) is 0 Å². The number of carboxylic acid groups (broad SMARTS) is 1. The zero-order valence-corrected chi connectivity index (χ0v) is 13.5. The molecule has 0 saturated heterocycles. The summed E-state index contributed by atoms with van der Waals surface area (Å²) in [6, 6.07) is 4.03. The van der Waals surface area contributed by atoms with E-state index in [2.05, 4.69) is 0 Å². The first-order chi connectivity index (χ1) is 8.58. The van der Waals surface area contributed by atoms with Crippen LogP contribution in [0.3, 0.4) is 0 Å². The maximum atomic E-state index is 13.2. The van der Waals surface area contributed by atoms with Gasteiger partial charge in [-0.1, -0.05) is 0 Å². The Kier molecular flexibility index (Phi) is 4.27. The Bertz CT molecular complexity index is 722. The number of pyridine rings is 1. The SMILES string of the molecule is O=C([O-])c1cn(C2CC2)c2ccc(F)cc2c1=O.[K+]. The van der Waals surface area contributed by atoms with Crippen LogP contribution in [0, 0.1) is 5.82 Å². The summed E-state index contributed by atoms with van der Waals surface area (Å²) in [6.45, 7) is 0. The average molecular weight is 285 g/mol. The number of carbonyl (C=O) groups excluding carboxylic acids is 1. The second kappa shape index (κ2) is 5.45. The van der Waals surface area contributed by atoms with Gasteiger partial charge in [0.05, 0.1) is 17.0 Å². The smallest absolute Gasteiger partial charge is 0.545 e. The van der Waals surface area contributed by atoms with Gasteiger partial charge in [0.15, 0.2) is 5.43 Å². The number of nitrogens with zero attached hydrogens (tertiary/aromatic N) is 1. The fourth-order valence-corrected chi connectivity index (χ4v) is 2.13. The second-order valence-electron chi connectivity index (χ2n) is 4.46. The summed E-state index contributed by atoms with van der Waals surface area (Å²) >= 11 is 0. The van der Waals surface area contributed by atoms with Gasteiger partial charge in [0.25, 0.3) is 0 Å². The zero-order chi connectivity index (χ0) is 12.9. The molecule has 0 aliphatic heterocycles. The molecule has 0 spiro atoms. The molecule has 0 amide bonds. The Morgan fingerprint density at radius 3 is 2.63 bits per heavy atom. The van der Waals surface area contributed by atoms with Gasteiger partial charge in [0.2, 0.25) is 0 Å². The molecule has 1 fully saturated rings. The number of aromatic carboxylic acids is 1. The Labute approximate surface area is 150 Å². The van der Waals surface area contributed by atoms with Crippen molar-refractivity contribution in [3.8, 4) is 0 Å². The molecule has 0 radical (unpaired) electrons. The third kappa shape index (κ3) is 2.68. The van der Waals surface area contributed by atoms with E-state index in [4.69, 9.17) is 0 Å². The first kappa shape index (κ1) is 14.9. The van der Waals surface area contributed by atoms with Crippen molar-refractivity contribution in [1.82, 2.24) is 4.57 Å². The van der Waals surface area contributed by atoms with Crippen LogP contribution in [-0.4, -0.2) is 10.5 Å². The van der Waals surface area contributed by atoms with E-state index in [1.54, 1.807) is 4.57 Å². The largest absolute Gasteiger partial charge is 1.00 e. The van der Waals surface area contributed by atoms with Crippen LogP contribution in [0.25, 0.3) is 10.9 Å². The second-order valence-corrected chi connectivity index (χ2v) is 4.46. The predicted octanol–water partition coefficient (Wildman–Crippen LogP) is -2.16. The van der Waals surface area contributed by atoms with Crippen LogP contribution < -0.4 is 61.9 Å². The molecule has 0 N–H and O–H groups in total. The van der Waals surface area contributed by atoms with Gasteiger partial charge >= 0.3 is 51.4 Å². The monoisotopic (exact) mass is 285 g/mol. The van der Waals surface area contributed by atoms with Gasteiger partial charge in [-0.25, -0.2) is 4.39 Å². The summed E-state index contributed by atoms with van der Waals surface area (Å²) in [6.07, 6.45) is 3.17. The molecule has 2 aromatic rings. The van der Waals surface area contributed by atoms with Crippen molar-refractivity contribution in [2.24, 2.45) is 0 Å². The molecule has 1 aromatic heterocycles. The first-order valence-electron chi connectivity index (χ1n) is 5.63. The average Bonchev–Trinajstić information content (AvgIpc) is 3.14. The maximum Gasteiger partial charge on any atom is 1.00 e. The van der Waals surface area contributed by atoms with Crippen LogP contribution in [0.5, 0.6) is 0 Å². The molecule has 19 heavy (non-hydrogen) atoms. The minimum atomic E-state index is -1.53. The Morgan fingerprint density at radius 1 is 1.37 bits per heavy atom.